The summed E-state index contributed by atoms with van der Waals surface area (Å²) in [5.41, 5.74) is 1.28. The predicted molar refractivity (Wildman–Crippen MR) is 88.7 cm³/mol. The van der Waals surface area contributed by atoms with E-state index in [1.54, 1.807) is 0 Å². The van der Waals surface area contributed by atoms with Crippen LogP contribution >= 0.6 is 0 Å². The number of aryl methyl sites for hydroxylation is 1. The summed E-state index contributed by atoms with van der Waals surface area (Å²) >= 11 is 0. The number of hydrogen-bond donors (Lipinski definition) is 0. The summed E-state index contributed by atoms with van der Waals surface area (Å²) in [5.74, 6) is 1.86. The van der Waals surface area contributed by atoms with Gasteiger partial charge in [0.05, 0.1) is 12.7 Å². The van der Waals surface area contributed by atoms with E-state index in [1.165, 1.54) is 43.9 Å². The predicted octanol–water partition coefficient (Wildman–Crippen LogP) is 1.34. The highest BCUT2D eigenvalue weighted by Gasteiger charge is 2.25. The Hall–Kier alpha value is -1.66. The van der Waals surface area contributed by atoms with Crippen molar-refractivity contribution in [1.29, 1.82) is 0 Å². The van der Waals surface area contributed by atoms with Crippen LogP contribution < -0.4 is 0 Å². The first-order valence-corrected chi connectivity index (χ1v) is 8.68. The number of imidazole rings is 1. The highest BCUT2D eigenvalue weighted by molar-refractivity contribution is 5.05. The van der Waals surface area contributed by atoms with Gasteiger partial charge in [-0.2, -0.15) is 5.10 Å². The molecular weight excluding hydrogens is 288 g/mol. The quantitative estimate of drug-likeness (QED) is 0.854. The standard InChI is InChI=1S/C17H26N6/c1-20-9-15(8-19-20)10-22-12-16(11-21-5-2-3-6-21)13-23-7-4-18-17(23)14-22/h4,7-9,16H,2-3,5-6,10-14H2,1H3/t16-/m1/s1. The molecule has 0 aromatic carbocycles. The Balaban J connectivity index is 1.49. The monoisotopic (exact) mass is 314 g/mol. The summed E-state index contributed by atoms with van der Waals surface area (Å²) < 4.78 is 4.24. The van der Waals surface area contributed by atoms with Crippen molar-refractivity contribution in [3.63, 3.8) is 0 Å². The van der Waals surface area contributed by atoms with Crippen LogP contribution in [0.5, 0.6) is 0 Å². The van der Waals surface area contributed by atoms with Gasteiger partial charge in [0, 0.05) is 63.3 Å². The second-order valence-corrected chi connectivity index (χ2v) is 7.06. The maximum atomic E-state index is 4.57. The minimum Gasteiger partial charge on any atom is -0.333 e. The Morgan fingerprint density at radius 1 is 1.17 bits per heavy atom. The molecule has 2 aliphatic rings. The zero-order chi connectivity index (χ0) is 15.6. The molecule has 1 saturated heterocycles. The molecule has 1 atom stereocenters. The summed E-state index contributed by atoms with van der Waals surface area (Å²) in [6, 6.07) is 0. The molecule has 0 N–H and O–H groups in total. The van der Waals surface area contributed by atoms with Gasteiger partial charge in [-0.1, -0.05) is 0 Å². The molecule has 6 heteroatoms. The van der Waals surface area contributed by atoms with E-state index in [-0.39, 0.29) is 0 Å². The summed E-state index contributed by atoms with van der Waals surface area (Å²) in [4.78, 5) is 9.73. The molecule has 6 nitrogen and oxygen atoms in total. The molecule has 23 heavy (non-hydrogen) atoms. The lowest BCUT2D eigenvalue weighted by Gasteiger charge is -2.26. The fraction of sp³-hybridized carbons (Fsp3) is 0.647. The van der Waals surface area contributed by atoms with Crippen LogP contribution in [0.15, 0.2) is 24.8 Å². The molecule has 0 aliphatic carbocycles. The second kappa shape index (κ2) is 6.45. The van der Waals surface area contributed by atoms with Crippen LogP contribution in [0.3, 0.4) is 0 Å². The van der Waals surface area contributed by atoms with E-state index >= 15 is 0 Å². The molecule has 1 fully saturated rings. The Bertz CT molecular complexity index is 639. The fourth-order valence-electron chi connectivity index (χ4n) is 4.00. The molecule has 4 rings (SSSR count). The molecular formula is C17H26N6. The first-order chi connectivity index (χ1) is 11.3. The van der Waals surface area contributed by atoms with Crippen LogP contribution in [-0.2, 0) is 26.7 Å². The third-order valence-electron chi connectivity index (χ3n) is 5.02. The zero-order valence-electron chi connectivity index (χ0n) is 13.9. The molecule has 0 spiro atoms. The van der Waals surface area contributed by atoms with E-state index in [0.29, 0.717) is 5.92 Å². The van der Waals surface area contributed by atoms with Crippen LogP contribution in [0.2, 0.25) is 0 Å². The van der Waals surface area contributed by atoms with Crippen molar-refractivity contribution in [2.24, 2.45) is 13.0 Å². The summed E-state index contributed by atoms with van der Waals surface area (Å²) in [5, 5.41) is 4.30. The van der Waals surface area contributed by atoms with Gasteiger partial charge in [-0.25, -0.2) is 4.98 Å². The first kappa shape index (κ1) is 14.9. The van der Waals surface area contributed by atoms with Crippen molar-refractivity contribution < 1.29 is 0 Å². The number of fused-ring (bicyclic) bond motifs is 1. The van der Waals surface area contributed by atoms with Gasteiger partial charge in [-0.05, 0) is 25.9 Å². The molecule has 2 aliphatic heterocycles. The number of nitrogens with zero attached hydrogens (tertiary/aromatic N) is 6. The topological polar surface area (TPSA) is 42.1 Å². The van der Waals surface area contributed by atoms with Crippen LogP contribution in [0, 0.1) is 5.92 Å². The van der Waals surface area contributed by atoms with Gasteiger partial charge >= 0.3 is 0 Å². The minimum absolute atomic E-state index is 0.667. The van der Waals surface area contributed by atoms with E-state index in [0.717, 1.165) is 26.2 Å². The summed E-state index contributed by atoms with van der Waals surface area (Å²) in [7, 11) is 1.98. The fourth-order valence-corrected chi connectivity index (χ4v) is 4.00. The Labute approximate surface area is 137 Å². The van der Waals surface area contributed by atoms with Crippen molar-refractivity contribution in [3.8, 4) is 0 Å². The molecule has 0 bridgehead atoms. The second-order valence-electron chi connectivity index (χ2n) is 7.06. The normalized spacial score (nSPS) is 23.1. The minimum atomic E-state index is 0.667. The average molecular weight is 314 g/mol. The lowest BCUT2D eigenvalue weighted by molar-refractivity contribution is 0.182. The van der Waals surface area contributed by atoms with Crippen LogP contribution in [0.1, 0.15) is 24.2 Å². The van der Waals surface area contributed by atoms with E-state index in [1.807, 2.05) is 24.1 Å². The highest BCUT2D eigenvalue weighted by atomic mass is 15.3. The van der Waals surface area contributed by atoms with Crippen LogP contribution in [0.4, 0.5) is 0 Å². The Morgan fingerprint density at radius 2 is 2.04 bits per heavy atom. The largest absolute Gasteiger partial charge is 0.333 e. The third kappa shape index (κ3) is 3.48. The molecule has 0 radical (unpaired) electrons. The SMILES string of the molecule is Cn1cc(CN2Cc3nccn3C[C@H](CN3CCCC3)C2)cn1. The van der Waals surface area contributed by atoms with Gasteiger partial charge in [0.25, 0.3) is 0 Å². The molecule has 2 aromatic rings. The molecule has 4 heterocycles. The highest BCUT2D eigenvalue weighted by Crippen LogP contribution is 2.20. The van der Waals surface area contributed by atoms with Gasteiger partial charge in [0.2, 0.25) is 0 Å². The maximum absolute atomic E-state index is 4.57. The van der Waals surface area contributed by atoms with Crippen molar-refractivity contribution in [2.45, 2.75) is 32.5 Å². The molecule has 0 unspecified atom stereocenters. The van der Waals surface area contributed by atoms with Crippen LogP contribution in [-0.4, -0.2) is 55.3 Å². The maximum Gasteiger partial charge on any atom is 0.122 e. The Kier molecular flexibility index (Phi) is 4.18. The van der Waals surface area contributed by atoms with Gasteiger partial charge < -0.3 is 9.47 Å². The third-order valence-corrected chi connectivity index (χ3v) is 5.02. The average Bonchev–Trinajstić information content (AvgIpc) is 3.23. The number of likely N-dealkylation sites (tertiary alicyclic amines) is 1. The van der Waals surface area contributed by atoms with Crippen LogP contribution in [0.25, 0.3) is 0 Å². The Morgan fingerprint density at radius 3 is 2.83 bits per heavy atom. The van der Waals surface area contributed by atoms with Gasteiger partial charge in [-0.3, -0.25) is 9.58 Å². The molecule has 0 amide bonds. The van der Waals surface area contributed by atoms with Gasteiger partial charge in [-0.15, -0.1) is 0 Å². The number of aromatic nitrogens is 4. The van der Waals surface area contributed by atoms with Gasteiger partial charge in [0.15, 0.2) is 0 Å². The van der Waals surface area contributed by atoms with Gasteiger partial charge in [0.1, 0.15) is 5.82 Å². The van der Waals surface area contributed by atoms with Crippen molar-refractivity contribution in [3.05, 3.63) is 36.2 Å². The van der Waals surface area contributed by atoms with Crippen molar-refractivity contribution in [2.75, 3.05) is 26.2 Å². The molecule has 124 valence electrons. The lowest BCUT2D eigenvalue weighted by Crippen LogP contribution is -2.35. The van der Waals surface area contributed by atoms with Crippen molar-refractivity contribution >= 4 is 0 Å². The molecule has 0 saturated carbocycles. The van der Waals surface area contributed by atoms with Crippen molar-refractivity contribution in [1.82, 2.24) is 29.1 Å². The number of rotatable bonds is 4. The smallest absolute Gasteiger partial charge is 0.122 e. The first-order valence-electron chi connectivity index (χ1n) is 8.68. The van der Waals surface area contributed by atoms with E-state index in [9.17, 15) is 0 Å². The lowest BCUT2D eigenvalue weighted by atomic mass is 10.1. The van der Waals surface area contributed by atoms with E-state index in [4.69, 9.17) is 0 Å². The summed E-state index contributed by atoms with van der Waals surface area (Å²) in [6.07, 6.45) is 10.9. The zero-order valence-corrected chi connectivity index (χ0v) is 13.9. The molecule has 2 aromatic heterocycles. The van der Waals surface area contributed by atoms with E-state index < -0.39 is 0 Å². The number of hydrogen-bond acceptors (Lipinski definition) is 4. The van der Waals surface area contributed by atoms with E-state index in [2.05, 4.69) is 36.8 Å². The summed E-state index contributed by atoms with van der Waals surface area (Å²) in [6.45, 7) is 7.87.